The van der Waals surface area contributed by atoms with E-state index in [0.717, 1.165) is 55.9 Å². The number of hydrogen-bond acceptors (Lipinski definition) is 5. The van der Waals surface area contributed by atoms with E-state index in [1.165, 1.54) is 6.20 Å². The molecule has 6 nitrogen and oxygen atoms in total. The highest BCUT2D eigenvalue weighted by Gasteiger charge is 2.32. The lowest BCUT2D eigenvalue weighted by molar-refractivity contribution is 0.0696. The van der Waals surface area contributed by atoms with Gasteiger partial charge in [-0.15, -0.1) is 0 Å². The van der Waals surface area contributed by atoms with Crippen molar-refractivity contribution in [2.24, 2.45) is 5.92 Å². The lowest BCUT2D eigenvalue weighted by Gasteiger charge is -2.31. The molecule has 8 heteroatoms. The van der Waals surface area contributed by atoms with Crippen molar-refractivity contribution in [1.29, 1.82) is 0 Å². The fourth-order valence-electron chi connectivity index (χ4n) is 4.27. The molecule has 1 saturated heterocycles. The van der Waals surface area contributed by atoms with Crippen molar-refractivity contribution in [2.75, 3.05) is 18.0 Å². The zero-order chi connectivity index (χ0) is 22.9. The summed E-state index contributed by atoms with van der Waals surface area (Å²) in [4.78, 5) is 17.5. The van der Waals surface area contributed by atoms with Crippen LogP contribution < -0.4 is 4.90 Å². The van der Waals surface area contributed by atoms with Gasteiger partial charge in [-0.05, 0) is 55.9 Å². The fraction of sp³-hybridized carbons (Fsp3) is 0.320. The Balaban J connectivity index is 1.32. The van der Waals surface area contributed by atoms with Crippen molar-refractivity contribution < 1.29 is 14.4 Å². The standard InChI is InChI=1S/C25H23Cl2N3O3/c26-19-2-1-3-20(27)22(19)23-18(24(33-29-23)16-5-6-16)8-4-15-10-12-30(13-11-15)21-9-7-17(14-28-21)25(31)32/h1-4,7-9,14-16H,5-6,10-13H2,(H,31,32). The molecule has 0 spiro atoms. The molecule has 5 rings (SSSR count). The van der Waals surface area contributed by atoms with E-state index < -0.39 is 5.97 Å². The molecule has 0 amide bonds. The highest BCUT2D eigenvalue weighted by atomic mass is 35.5. The van der Waals surface area contributed by atoms with Crippen molar-refractivity contribution in [3.63, 3.8) is 0 Å². The number of piperidine rings is 1. The first-order valence-corrected chi connectivity index (χ1v) is 11.8. The Morgan fingerprint density at radius 2 is 1.82 bits per heavy atom. The number of carboxylic acids is 1. The van der Waals surface area contributed by atoms with Crippen LogP contribution in [0.5, 0.6) is 0 Å². The number of hydrogen-bond donors (Lipinski definition) is 1. The first-order chi connectivity index (χ1) is 16.0. The number of allylic oxidation sites excluding steroid dienone is 1. The van der Waals surface area contributed by atoms with Gasteiger partial charge in [0.05, 0.1) is 15.6 Å². The zero-order valence-electron chi connectivity index (χ0n) is 17.9. The molecule has 1 saturated carbocycles. The Kier molecular flexibility index (Phi) is 6.13. The van der Waals surface area contributed by atoms with Gasteiger partial charge >= 0.3 is 5.97 Å². The molecular formula is C25H23Cl2N3O3. The first-order valence-electron chi connectivity index (χ1n) is 11.1. The molecule has 33 heavy (non-hydrogen) atoms. The van der Waals surface area contributed by atoms with Crippen molar-refractivity contribution in [1.82, 2.24) is 10.1 Å². The summed E-state index contributed by atoms with van der Waals surface area (Å²) >= 11 is 12.9. The van der Waals surface area contributed by atoms with Crippen LogP contribution in [0.15, 0.2) is 47.1 Å². The second-order valence-corrected chi connectivity index (χ2v) is 9.39. The second kappa shape index (κ2) is 9.20. The number of nitrogens with zero attached hydrogens (tertiary/aromatic N) is 3. The van der Waals surface area contributed by atoms with E-state index in [1.807, 2.05) is 18.2 Å². The molecule has 0 atom stereocenters. The molecule has 0 bridgehead atoms. The van der Waals surface area contributed by atoms with Crippen LogP contribution in [0.2, 0.25) is 10.0 Å². The third-order valence-electron chi connectivity index (χ3n) is 6.30. The maximum Gasteiger partial charge on any atom is 0.337 e. The van der Waals surface area contributed by atoms with Crippen molar-refractivity contribution in [3.8, 4) is 11.3 Å². The Bertz CT molecular complexity index is 1170. The Hall–Kier alpha value is -2.83. The minimum Gasteiger partial charge on any atom is -0.478 e. The van der Waals surface area contributed by atoms with E-state index in [2.05, 4.69) is 27.2 Å². The monoisotopic (exact) mass is 483 g/mol. The normalized spacial score (nSPS) is 17.1. The van der Waals surface area contributed by atoms with E-state index in [1.54, 1.807) is 12.1 Å². The van der Waals surface area contributed by atoms with Gasteiger partial charge in [0.15, 0.2) is 0 Å². The van der Waals surface area contributed by atoms with Crippen LogP contribution in [0.4, 0.5) is 5.82 Å². The summed E-state index contributed by atoms with van der Waals surface area (Å²) in [5.74, 6) is 1.59. The molecule has 170 valence electrons. The summed E-state index contributed by atoms with van der Waals surface area (Å²) in [7, 11) is 0. The number of halogens is 2. The minimum atomic E-state index is -0.963. The molecule has 0 unspecified atom stereocenters. The summed E-state index contributed by atoms with van der Waals surface area (Å²) in [6.07, 6.45) is 9.95. The van der Waals surface area contributed by atoms with E-state index in [9.17, 15) is 4.79 Å². The Morgan fingerprint density at radius 3 is 2.42 bits per heavy atom. The SMILES string of the molecule is O=C(O)c1ccc(N2CCC(C=Cc3c(-c4c(Cl)cccc4Cl)noc3C3CC3)CC2)nc1. The van der Waals surface area contributed by atoms with Crippen LogP contribution in [-0.4, -0.2) is 34.3 Å². The number of aromatic nitrogens is 2. The van der Waals surface area contributed by atoms with Gasteiger partial charge in [-0.25, -0.2) is 9.78 Å². The molecule has 1 aliphatic heterocycles. The number of aromatic carboxylic acids is 1. The van der Waals surface area contributed by atoms with Crippen LogP contribution in [0, 0.1) is 5.92 Å². The van der Waals surface area contributed by atoms with Crippen molar-refractivity contribution in [2.45, 2.75) is 31.6 Å². The van der Waals surface area contributed by atoms with Crippen LogP contribution in [0.1, 0.15) is 53.3 Å². The van der Waals surface area contributed by atoms with Crippen molar-refractivity contribution >= 4 is 41.1 Å². The van der Waals surface area contributed by atoms with Gasteiger partial charge in [0, 0.05) is 36.3 Å². The summed E-state index contributed by atoms with van der Waals surface area (Å²) in [6.45, 7) is 1.72. The minimum absolute atomic E-state index is 0.200. The summed E-state index contributed by atoms with van der Waals surface area (Å²) in [5.41, 5.74) is 2.58. The van der Waals surface area contributed by atoms with E-state index >= 15 is 0 Å². The lowest BCUT2D eigenvalue weighted by Crippen LogP contribution is -2.33. The van der Waals surface area contributed by atoms with Crippen LogP contribution in [-0.2, 0) is 0 Å². The van der Waals surface area contributed by atoms with Gasteiger partial charge in [0.25, 0.3) is 0 Å². The topological polar surface area (TPSA) is 79.5 Å². The highest BCUT2D eigenvalue weighted by Crippen LogP contribution is 2.46. The van der Waals surface area contributed by atoms with Crippen molar-refractivity contribution in [3.05, 3.63) is 69.5 Å². The van der Waals surface area contributed by atoms with Gasteiger partial charge in [-0.2, -0.15) is 0 Å². The van der Waals surface area contributed by atoms with E-state index in [4.69, 9.17) is 32.8 Å². The van der Waals surface area contributed by atoms with E-state index in [-0.39, 0.29) is 5.56 Å². The number of rotatable bonds is 6. The van der Waals surface area contributed by atoms with Gasteiger partial charge < -0.3 is 14.5 Å². The quantitative estimate of drug-likeness (QED) is 0.428. The van der Waals surface area contributed by atoms with Crippen LogP contribution in [0.25, 0.3) is 17.3 Å². The summed E-state index contributed by atoms with van der Waals surface area (Å²) in [5, 5.41) is 14.5. The lowest BCUT2D eigenvalue weighted by atomic mass is 9.94. The molecule has 0 radical (unpaired) electrons. The number of carboxylic acid groups (broad SMARTS) is 1. The molecule has 1 aromatic carbocycles. The average molecular weight is 484 g/mol. The number of benzene rings is 1. The number of carbonyl (C=O) groups is 1. The largest absolute Gasteiger partial charge is 0.478 e. The predicted octanol–water partition coefficient (Wildman–Crippen LogP) is 6.55. The third-order valence-corrected chi connectivity index (χ3v) is 6.93. The molecule has 2 fully saturated rings. The van der Waals surface area contributed by atoms with Gasteiger partial charge in [-0.3, -0.25) is 0 Å². The molecular weight excluding hydrogens is 461 g/mol. The van der Waals surface area contributed by atoms with Gasteiger partial charge in [0.1, 0.15) is 17.3 Å². The Labute approximate surface area is 201 Å². The summed E-state index contributed by atoms with van der Waals surface area (Å²) < 4.78 is 5.75. The number of pyridine rings is 1. The summed E-state index contributed by atoms with van der Waals surface area (Å²) in [6, 6.07) is 8.83. The van der Waals surface area contributed by atoms with Gasteiger partial charge in [0.2, 0.25) is 0 Å². The third kappa shape index (κ3) is 4.63. The molecule has 2 aromatic heterocycles. The maximum atomic E-state index is 11.0. The maximum absolute atomic E-state index is 11.0. The average Bonchev–Trinajstić information content (AvgIpc) is 3.58. The first kappa shape index (κ1) is 22.0. The number of anilines is 1. The van der Waals surface area contributed by atoms with Crippen LogP contribution >= 0.6 is 23.2 Å². The molecule has 3 heterocycles. The molecule has 2 aliphatic rings. The molecule has 1 aliphatic carbocycles. The smallest absolute Gasteiger partial charge is 0.337 e. The van der Waals surface area contributed by atoms with E-state index in [0.29, 0.717) is 33.1 Å². The second-order valence-electron chi connectivity index (χ2n) is 8.57. The molecule has 1 N–H and O–H groups in total. The predicted molar refractivity (Wildman–Crippen MR) is 129 cm³/mol. The van der Waals surface area contributed by atoms with Gasteiger partial charge in [-0.1, -0.05) is 46.6 Å². The fourth-order valence-corrected chi connectivity index (χ4v) is 4.84. The molecule has 3 aromatic rings. The highest BCUT2D eigenvalue weighted by molar-refractivity contribution is 6.39. The Morgan fingerprint density at radius 1 is 1.09 bits per heavy atom. The zero-order valence-corrected chi connectivity index (χ0v) is 19.4. The van der Waals surface area contributed by atoms with Crippen LogP contribution in [0.3, 0.4) is 0 Å².